The van der Waals surface area contributed by atoms with Gasteiger partial charge < -0.3 is 15.6 Å². The first kappa shape index (κ1) is 26.6. The first-order valence-electron chi connectivity index (χ1n) is 14.0. The molecule has 0 radical (unpaired) electrons. The van der Waals surface area contributed by atoms with Crippen LogP contribution in [-0.2, 0) is 6.54 Å². The molecule has 4 heteroatoms. The lowest BCUT2D eigenvalue weighted by molar-refractivity contribution is 1.08. The minimum atomic E-state index is 0.723. The van der Waals surface area contributed by atoms with Crippen molar-refractivity contribution in [3.8, 4) is 16.8 Å². The van der Waals surface area contributed by atoms with Gasteiger partial charge >= 0.3 is 0 Å². The molecule has 0 aliphatic heterocycles. The van der Waals surface area contributed by atoms with Crippen molar-refractivity contribution in [1.82, 2.24) is 4.57 Å². The highest BCUT2D eigenvalue weighted by Gasteiger charge is 2.19. The number of benzene rings is 6. The molecular weight excluding hydrogens is 512 g/mol. The Bertz CT molecular complexity index is 1940. The number of hydrogen-bond donors (Lipinski definition) is 2. The van der Waals surface area contributed by atoms with Crippen LogP contribution in [0, 0.1) is 0 Å². The van der Waals surface area contributed by atoms with Crippen LogP contribution in [-0.4, -0.2) is 11.3 Å². The van der Waals surface area contributed by atoms with Crippen molar-refractivity contribution < 1.29 is 0 Å². The predicted octanol–water partition coefficient (Wildman–Crippen LogP) is 9.66. The Kier molecular flexibility index (Phi) is 7.78. The van der Waals surface area contributed by atoms with E-state index in [9.17, 15) is 0 Å². The summed E-state index contributed by atoms with van der Waals surface area (Å²) in [6.07, 6.45) is 0. The van der Waals surface area contributed by atoms with Crippen molar-refractivity contribution in [2.45, 2.75) is 6.54 Å². The number of para-hydroxylation sites is 4. The average molecular weight is 545 g/mol. The van der Waals surface area contributed by atoms with Gasteiger partial charge in [0.1, 0.15) is 0 Å². The molecule has 0 aliphatic carbocycles. The molecule has 1 heterocycles. The molecule has 0 saturated heterocycles. The quantitative estimate of drug-likeness (QED) is 0.162. The van der Waals surface area contributed by atoms with E-state index in [1.807, 2.05) is 66.7 Å². The number of fused-ring (bicyclic) bond motifs is 3. The molecular formula is C38H32N4. The lowest BCUT2D eigenvalue weighted by atomic mass is 9.99. The maximum absolute atomic E-state index is 6.45. The number of nitrogen functional groups attached to an aromatic ring is 1. The van der Waals surface area contributed by atoms with Crippen molar-refractivity contribution in [3.63, 3.8) is 0 Å². The fourth-order valence-electron chi connectivity index (χ4n) is 5.37. The van der Waals surface area contributed by atoms with Crippen molar-refractivity contribution >= 4 is 45.6 Å². The van der Waals surface area contributed by atoms with Crippen molar-refractivity contribution in [3.05, 3.63) is 157 Å². The minimum Gasteiger partial charge on any atom is -0.398 e. The second-order valence-corrected chi connectivity index (χ2v) is 10.0. The monoisotopic (exact) mass is 544 g/mol. The molecule has 0 unspecified atom stereocenters. The average Bonchev–Trinajstić information content (AvgIpc) is 3.38. The number of nitrogens with one attached hydrogen (secondary N) is 1. The van der Waals surface area contributed by atoms with E-state index in [0.29, 0.717) is 0 Å². The number of anilines is 3. The third-order valence-electron chi connectivity index (χ3n) is 7.28. The normalized spacial score (nSPS) is 10.7. The molecule has 42 heavy (non-hydrogen) atoms. The number of hydrogen-bond acceptors (Lipinski definition) is 3. The van der Waals surface area contributed by atoms with E-state index < -0.39 is 0 Å². The lowest BCUT2D eigenvalue weighted by Gasteiger charge is -2.18. The van der Waals surface area contributed by atoms with Crippen LogP contribution in [0.2, 0.25) is 0 Å². The number of aliphatic imine (C=N–C) groups is 1. The molecule has 1 aromatic heterocycles. The molecule has 0 atom stereocenters. The molecule has 6 aromatic carbocycles. The maximum atomic E-state index is 6.45. The summed E-state index contributed by atoms with van der Waals surface area (Å²) >= 11 is 0. The summed E-state index contributed by atoms with van der Waals surface area (Å²) in [5, 5.41) is 6.16. The van der Waals surface area contributed by atoms with Crippen LogP contribution in [0.5, 0.6) is 0 Å². The summed E-state index contributed by atoms with van der Waals surface area (Å²) < 4.78 is 2.35. The Balaban J connectivity index is 0.000000302. The summed E-state index contributed by atoms with van der Waals surface area (Å²) in [6.45, 7) is 4.13. The molecule has 3 N–H and O–H groups in total. The lowest BCUT2D eigenvalue weighted by Crippen LogP contribution is -2.01. The van der Waals surface area contributed by atoms with E-state index >= 15 is 0 Å². The summed E-state index contributed by atoms with van der Waals surface area (Å²) in [5.41, 5.74) is 16.0. The molecule has 4 nitrogen and oxygen atoms in total. The second kappa shape index (κ2) is 12.3. The number of nitrogens with zero attached hydrogens (tertiary/aromatic N) is 2. The van der Waals surface area contributed by atoms with E-state index in [0.717, 1.165) is 45.9 Å². The van der Waals surface area contributed by atoms with Gasteiger partial charge in [-0.05, 0) is 48.7 Å². The molecule has 0 spiro atoms. The van der Waals surface area contributed by atoms with Crippen LogP contribution >= 0.6 is 0 Å². The highest BCUT2D eigenvalue weighted by Crippen LogP contribution is 2.43. The molecule has 7 aromatic rings. The van der Waals surface area contributed by atoms with Crippen molar-refractivity contribution in [1.29, 1.82) is 0 Å². The fourth-order valence-corrected chi connectivity index (χ4v) is 5.37. The summed E-state index contributed by atoms with van der Waals surface area (Å²) in [4.78, 5) is 3.76. The smallest absolute Gasteiger partial charge is 0.0783 e. The third kappa shape index (κ3) is 5.38. The number of nitrogens with two attached hydrogens (primary N) is 1. The zero-order valence-electron chi connectivity index (χ0n) is 23.3. The Labute approximate surface area is 246 Å². The molecule has 204 valence electrons. The number of rotatable bonds is 6. The van der Waals surface area contributed by atoms with E-state index in [1.165, 1.54) is 21.9 Å². The highest BCUT2D eigenvalue weighted by molar-refractivity contribution is 6.16. The molecule has 0 fully saturated rings. The van der Waals surface area contributed by atoms with Gasteiger partial charge in [0.05, 0.1) is 23.3 Å². The van der Waals surface area contributed by atoms with Gasteiger partial charge in [-0.3, -0.25) is 4.99 Å². The van der Waals surface area contributed by atoms with Crippen molar-refractivity contribution in [2.75, 3.05) is 11.1 Å². The molecule has 7 rings (SSSR count). The molecule has 0 saturated carbocycles. The second-order valence-electron chi connectivity index (χ2n) is 10.0. The van der Waals surface area contributed by atoms with E-state index in [4.69, 9.17) is 5.73 Å². The molecule has 0 bridgehead atoms. The van der Waals surface area contributed by atoms with Gasteiger partial charge in [0.2, 0.25) is 0 Å². The maximum Gasteiger partial charge on any atom is 0.0783 e. The van der Waals surface area contributed by atoms with Gasteiger partial charge in [-0.25, -0.2) is 0 Å². The van der Waals surface area contributed by atoms with E-state index in [2.05, 4.69) is 107 Å². The van der Waals surface area contributed by atoms with Crippen LogP contribution in [0.4, 0.5) is 17.1 Å². The summed E-state index contributed by atoms with van der Waals surface area (Å²) in [5.74, 6) is 0. The molecule has 0 amide bonds. The zero-order valence-corrected chi connectivity index (χ0v) is 23.3. The topological polar surface area (TPSA) is 55.3 Å². The largest absolute Gasteiger partial charge is 0.398 e. The first-order valence-corrected chi connectivity index (χ1v) is 14.0. The highest BCUT2D eigenvalue weighted by atomic mass is 15.0. The third-order valence-corrected chi connectivity index (χ3v) is 7.28. The van der Waals surface area contributed by atoms with Crippen LogP contribution in [0.1, 0.15) is 5.56 Å². The SMILES string of the molecule is C=NCc1ccccc1.Nc1ccccc1-c1ccc2c3ccccc3n(-c3ccccc3)c2c1Nc1ccccc1. The fraction of sp³-hybridized carbons (Fsp3) is 0.0263. The van der Waals surface area contributed by atoms with Crippen LogP contribution in [0.25, 0.3) is 38.6 Å². The van der Waals surface area contributed by atoms with Gasteiger partial charge in [-0.15, -0.1) is 0 Å². The van der Waals surface area contributed by atoms with E-state index in [1.54, 1.807) is 0 Å². The summed E-state index contributed by atoms with van der Waals surface area (Å²) in [7, 11) is 0. The molecule has 0 aliphatic rings. The predicted molar refractivity (Wildman–Crippen MR) is 180 cm³/mol. The Hall–Kier alpha value is -5.61. The Morgan fingerprint density at radius 1 is 0.595 bits per heavy atom. The minimum absolute atomic E-state index is 0.723. The van der Waals surface area contributed by atoms with E-state index in [-0.39, 0.29) is 0 Å². The van der Waals surface area contributed by atoms with Crippen LogP contribution in [0.3, 0.4) is 0 Å². The van der Waals surface area contributed by atoms with Gasteiger partial charge in [0.15, 0.2) is 0 Å². The van der Waals surface area contributed by atoms with Crippen LogP contribution in [0.15, 0.2) is 157 Å². The first-order chi connectivity index (χ1) is 20.7. The zero-order chi connectivity index (χ0) is 28.7. The van der Waals surface area contributed by atoms with Crippen LogP contribution < -0.4 is 11.1 Å². The van der Waals surface area contributed by atoms with Gasteiger partial charge in [0.25, 0.3) is 0 Å². The Morgan fingerprint density at radius 2 is 1.21 bits per heavy atom. The van der Waals surface area contributed by atoms with Gasteiger partial charge in [0, 0.05) is 39.0 Å². The van der Waals surface area contributed by atoms with Gasteiger partial charge in [-0.1, -0.05) is 115 Å². The van der Waals surface area contributed by atoms with Gasteiger partial charge in [-0.2, -0.15) is 0 Å². The summed E-state index contributed by atoms with van der Waals surface area (Å²) in [6, 6.07) is 51.9. The standard InChI is InChI=1S/C30H23N3.C8H9N/c31-27-17-9-7-15-23(27)25-19-20-26-24-16-8-10-18-28(24)33(22-13-5-2-6-14-22)30(26)29(25)32-21-11-3-1-4-12-21;1-9-7-8-5-3-2-4-6-8/h1-20,32H,31H2;2-6H,1,7H2. The Morgan fingerprint density at radius 3 is 1.93 bits per heavy atom. The van der Waals surface area contributed by atoms with Crippen molar-refractivity contribution in [2.24, 2.45) is 4.99 Å². The number of aromatic nitrogens is 1.